The summed E-state index contributed by atoms with van der Waals surface area (Å²) in [4.78, 5) is 15.6. The van der Waals surface area contributed by atoms with Crippen molar-refractivity contribution in [2.75, 3.05) is 27.7 Å². The molecular formula is C19H26N2O3. The third-order valence-corrected chi connectivity index (χ3v) is 6.07. The Morgan fingerprint density at radius 1 is 1.12 bits per heavy atom. The predicted octanol–water partition coefficient (Wildman–Crippen LogP) is 3.30. The van der Waals surface area contributed by atoms with Crippen molar-refractivity contribution in [1.82, 2.24) is 9.80 Å². The fourth-order valence-electron chi connectivity index (χ4n) is 4.68. The maximum absolute atomic E-state index is 12.1. The van der Waals surface area contributed by atoms with E-state index in [0.717, 1.165) is 23.0 Å². The Bertz CT molecular complexity index is 647. The molecule has 2 amide bonds. The highest BCUT2D eigenvalue weighted by molar-refractivity contribution is 5.77. The van der Waals surface area contributed by atoms with E-state index in [2.05, 4.69) is 6.07 Å². The highest BCUT2D eigenvalue weighted by atomic mass is 16.5. The van der Waals surface area contributed by atoms with Gasteiger partial charge in [0.2, 0.25) is 0 Å². The van der Waals surface area contributed by atoms with Crippen molar-refractivity contribution >= 4 is 6.03 Å². The van der Waals surface area contributed by atoms with E-state index < -0.39 is 0 Å². The van der Waals surface area contributed by atoms with Gasteiger partial charge in [-0.3, -0.25) is 0 Å². The first kappa shape index (κ1) is 15.6. The first-order chi connectivity index (χ1) is 11.6. The van der Waals surface area contributed by atoms with Crippen LogP contribution >= 0.6 is 0 Å². The second kappa shape index (κ2) is 5.87. The lowest BCUT2D eigenvalue weighted by molar-refractivity contribution is 0.133. The van der Waals surface area contributed by atoms with Crippen LogP contribution in [0.3, 0.4) is 0 Å². The molecule has 0 spiro atoms. The molecule has 2 aliphatic carbocycles. The largest absolute Gasteiger partial charge is 0.493 e. The zero-order valence-electron chi connectivity index (χ0n) is 14.7. The summed E-state index contributed by atoms with van der Waals surface area (Å²) in [5, 5.41) is 0. The third-order valence-electron chi connectivity index (χ3n) is 6.07. The first-order valence-corrected chi connectivity index (χ1v) is 8.89. The number of ether oxygens (including phenoxy) is 2. The van der Waals surface area contributed by atoms with Crippen LogP contribution in [0.15, 0.2) is 18.2 Å². The molecule has 1 saturated heterocycles. The van der Waals surface area contributed by atoms with Gasteiger partial charge >= 0.3 is 6.03 Å². The predicted molar refractivity (Wildman–Crippen MR) is 91.4 cm³/mol. The van der Waals surface area contributed by atoms with Crippen molar-refractivity contribution in [1.29, 1.82) is 0 Å². The number of carbonyl (C=O) groups excluding carboxylic acids is 1. The van der Waals surface area contributed by atoms with Gasteiger partial charge in [0.25, 0.3) is 0 Å². The molecule has 5 heteroatoms. The summed E-state index contributed by atoms with van der Waals surface area (Å²) in [6.45, 7) is 0.704. The fourth-order valence-corrected chi connectivity index (χ4v) is 4.68. The average Bonchev–Trinajstić information content (AvgIpc) is 3.26. The number of benzene rings is 1. The van der Waals surface area contributed by atoms with E-state index in [-0.39, 0.29) is 12.1 Å². The third kappa shape index (κ3) is 2.50. The van der Waals surface area contributed by atoms with E-state index >= 15 is 0 Å². The Kier molecular flexibility index (Phi) is 3.82. The zero-order chi connectivity index (χ0) is 16.8. The lowest BCUT2D eigenvalue weighted by Crippen LogP contribution is -2.26. The number of likely N-dealkylation sites (N-methyl/N-ethyl adjacent to an activating group) is 2. The fraction of sp³-hybridized carbons (Fsp3) is 0.632. The Labute approximate surface area is 143 Å². The van der Waals surface area contributed by atoms with Crippen LogP contribution in [0.2, 0.25) is 0 Å². The highest BCUT2D eigenvalue weighted by Crippen LogP contribution is 2.47. The topological polar surface area (TPSA) is 42.0 Å². The summed E-state index contributed by atoms with van der Waals surface area (Å²) >= 11 is 0. The number of rotatable bonds is 4. The summed E-state index contributed by atoms with van der Waals surface area (Å²) in [7, 11) is 5.38. The van der Waals surface area contributed by atoms with Gasteiger partial charge in [0, 0.05) is 20.6 Å². The molecule has 130 valence electrons. The Balaban J connectivity index is 1.58. The van der Waals surface area contributed by atoms with Crippen molar-refractivity contribution < 1.29 is 14.3 Å². The van der Waals surface area contributed by atoms with E-state index in [9.17, 15) is 4.79 Å². The van der Waals surface area contributed by atoms with E-state index in [1.165, 1.54) is 25.7 Å². The molecule has 3 fully saturated rings. The minimum atomic E-state index is 0.0615. The molecular weight excluding hydrogens is 304 g/mol. The van der Waals surface area contributed by atoms with Gasteiger partial charge in [-0.1, -0.05) is 6.07 Å². The van der Waals surface area contributed by atoms with Gasteiger partial charge in [-0.25, -0.2) is 4.79 Å². The summed E-state index contributed by atoms with van der Waals surface area (Å²) in [5.74, 6) is 3.15. The molecule has 4 rings (SSSR count). The molecule has 24 heavy (non-hydrogen) atoms. The molecule has 3 unspecified atom stereocenters. The number of nitrogens with zero attached hydrogens (tertiary/aromatic N) is 2. The van der Waals surface area contributed by atoms with Gasteiger partial charge < -0.3 is 19.3 Å². The molecule has 4 atom stereocenters. The van der Waals surface area contributed by atoms with Crippen molar-refractivity contribution in [2.24, 2.45) is 11.8 Å². The molecule has 3 aliphatic rings. The first-order valence-electron chi connectivity index (χ1n) is 8.89. The quantitative estimate of drug-likeness (QED) is 0.850. The Morgan fingerprint density at radius 3 is 2.54 bits per heavy atom. The van der Waals surface area contributed by atoms with Crippen molar-refractivity contribution in [3.8, 4) is 11.5 Å². The Hall–Kier alpha value is -1.91. The molecule has 2 bridgehead atoms. The molecule has 1 aromatic carbocycles. The van der Waals surface area contributed by atoms with Crippen molar-refractivity contribution in [3.05, 3.63) is 23.8 Å². The van der Waals surface area contributed by atoms with Gasteiger partial charge in [-0.2, -0.15) is 0 Å². The van der Waals surface area contributed by atoms with Crippen molar-refractivity contribution in [3.63, 3.8) is 0 Å². The van der Waals surface area contributed by atoms with Crippen LogP contribution in [0.1, 0.15) is 37.3 Å². The number of hydrogen-bond acceptors (Lipinski definition) is 3. The second-order valence-electron chi connectivity index (χ2n) is 7.53. The number of amides is 2. The summed E-state index contributed by atoms with van der Waals surface area (Å²) < 4.78 is 11.9. The molecule has 0 aromatic heterocycles. The van der Waals surface area contributed by atoms with E-state index in [0.29, 0.717) is 18.6 Å². The van der Waals surface area contributed by atoms with E-state index in [1.807, 2.05) is 26.2 Å². The standard InChI is InChI=1S/C19H26N2O3/c1-20-11-15(21(2)19(20)22)13-6-7-16(23-3)18(10-13)24-17-9-12-4-5-14(17)8-12/h6-7,10,12,14-15,17H,4-5,8-9,11H2,1-3H3/t12?,14?,15?,17-/m1/s1. The number of methoxy groups -OCH3 is 1. The van der Waals surface area contributed by atoms with Crippen LogP contribution in [0.5, 0.6) is 11.5 Å². The van der Waals surface area contributed by atoms with Gasteiger partial charge in [-0.05, 0) is 55.2 Å². The molecule has 5 nitrogen and oxygen atoms in total. The molecule has 2 saturated carbocycles. The summed E-state index contributed by atoms with van der Waals surface area (Å²) in [5.41, 5.74) is 1.11. The highest BCUT2D eigenvalue weighted by Gasteiger charge is 2.41. The zero-order valence-corrected chi connectivity index (χ0v) is 14.7. The number of fused-ring (bicyclic) bond motifs is 2. The molecule has 0 radical (unpaired) electrons. The minimum Gasteiger partial charge on any atom is -0.493 e. The SMILES string of the molecule is COc1ccc(C2CN(C)C(=O)N2C)cc1O[C@@H]1CC2CCC1C2. The minimum absolute atomic E-state index is 0.0615. The number of urea groups is 1. The van der Waals surface area contributed by atoms with Crippen LogP contribution in [-0.4, -0.2) is 49.7 Å². The Morgan fingerprint density at radius 2 is 1.96 bits per heavy atom. The summed E-state index contributed by atoms with van der Waals surface area (Å²) in [6.07, 6.45) is 5.46. The van der Waals surface area contributed by atoms with Crippen LogP contribution in [-0.2, 0) is 0 Å². The second-order valence-corrected chi connectivity index (χ2v) is 7.53. The molecule has 1 aliphatic heterocycles. The van der Waals surface area contributed by atoms with Gasteiger partial charge in [0.1, 0.15) is 6.10 Å². The van der Waals surface area contributed by atoms with Gasteiger partial charge in [0.15, 0.2) is 11.5 Å². The smallest absolute Gasteiger partial charge is 0.320 e. The average molecular weight is 330 g/mol. The van der Waals surface area contributed by atoms with Crippen LogP contribution < -0.4 is 9.47 Å². The van der Waals surface area contributed by atoms with Gasteiger partial charge in [0.05, 0.1) is 13.2 Å². The summed E-state index contributed by atoms with van der Waals surface area (Å²) in [6, 6.07) is 6.20. The van der Waals surface area contributed by atoms with Crippen molar-refractivity contribution in [2.45, 2.75) is 37.8 Å². The maximum Gasteiger partial charge on any atom is 0.320 e. The normalized spacial score (nSPS) is 31.9. The van der Waals surface area contributed by atoms with Crippen LogP contribution in [0, 0.1) is 11.8 Å². The monoisotopic (exact) mass is 330 g/mol. The maximum atomic E-state index is 12.1. The van der Waals surface area contributed by atoms with Crippen LogP contribution in [0.25, 0.3) is 0 Å². The lowest BCUT2D eigenvalue weighted by Gasteiger charge is -2.25. The molecule has 1 heterocycles. The van der Waals surface area contributed by atoms with E-state index in [1.54, 1.807) is 16.9 Å². The van der Waals surface area contributed by atoms with Crippen LogP contribution in [0.4, 0.5) is 4.79 Å². The number of hydrogen-bond donors (Lipinski definition) is 0. The number of carbonyl (C=O) groups is 1. The van der Waals surface area contributed by atoms with Gasteiger partial charge in [-0.15, -0.1) is 0 Å². The van der Waals surface area contributed by atoms with E-state index in [4.69, 9.17) is 9.47 Å². The lowest BCUT2D eigenvalue weighted by atomic mass is 9.97. The molecule has 0 N–H and O–H groups in total. The molecule has 1 aromatic rings.